The lowest BCUT2D eigenvalue weighted by molar-refractivity contribution is -0.141. The Balaban J connectivity index is 2.33. The molecule has 0 saturated heterocycles. The number of amides is 1. The van der Waals surface area contributed by atoms with E-state index < -0.39 is 12.0 Å². The number of nitrogens with two attached hydrogens (primary N) is 1. The van der Waals surface area contributed by atoms with Crippen LogP contribution in [0.2, 0.25) is 0 Å². The molecule has 0 radical (unpaired) electrons. The van der Waals surface area contributed by atoms with Crippen molar-refractivity contribution in [1.29, 1.82) is 5.26 Å². The third-order valence-corrected chi connectivity index (χ3v) is 3.39. The van der Waals surface area contributed by atoms with Gasteiger partial charge in [0.25, 0.3) is 0 Å². The van der Waals surface area contributed by atoms with Crippen molar-refractivity contribution in [1.82, 2.24) is 0 Å². The van der Waals surface area contributed by atoms with Gasteiger partial charge in [-0.2, -0.15) is 5.26 Å². The van der Waals surface area contributed by atoms with Crippen LogP contribution in [0.25, 0.3) is 0 Å². The molecule has 0 heterocycles. The summed E-state index contributed by atoms with van der Waals surface area (Å²) in [4.78, 5) is 22.7. The number of carbonyl (C=O) groups is 2. The van der Waals surface area contributed by atoms with E-state index in [1.54, 1.807) is 24.3 Å². The summed E-state index contributed by atoms with van der Waals surface area (Å²) >= 11 is 1.25. The molecule has 0 aliphatic rings. The van der Waals surface area contributed by atoms with Crippen LogP contribution in [-0.4, -0.2) is 36.5 Å². The normalized spacial score (nSPS) is 11.2. The van der Waals surface area contributed by atoms with Crippen molar-refractivity contribution in [2.45, 2.75) is 6.04 Å². The Morgan fingerprint density at radius 1 is 1.45 bits per heavy atom. The molecule has 0 spiro atoms. The lowest BCUT2D eigenvalue weighted by atomic mass is 10.2. The second-order valence-electron chi connectivity index (χ2n) is 3.88. The maximum Gasteiger partial charge on any atom is 0.323 e. The topological polar surface area (TPSA) is 105 Å². The molecule has 1 rings (SSSR count). The molecular formula is C13H15N3O3S. The maximum absolute atomic E-state index is 11.6. The quantitative estimate of drug-likeness (QED) is 0.749. The van der Waals surface area contributed by atoms with Crippen LogP contribution < -0.4 is 11.1 Å². The first-order valence-corrected chi connectivity index (χ1v) is 6.93. The highest BCUT2D eigenvalue weighted by Gasteiger charge is 2.14. The molecule has 1 aromatic rings. The van der Waals surface area contributed by atoms with Crippen molar-refractivity contribution in [3.8, 4) is 6.07 Å². The molecule has 0 aromatic heterocycles. The Morgan fingerprint density at radius 3 is 2.65 bits per heavy atom. The minimum Gasteiger partial charge on any atom is -0.468 e. The highest BCUT2D eigenvalue weighted by Crippen LogP contribution is 2.10. The van der Waals surface area contributed by atoms with Gasteiger partial charge in [-0.1, -0.05) is 0 Å². The first-order chi connectivity index (χ1) is 9.56. The Hall–Kier alpha value is -2.04. The van der Waals surface area contributed by atoms with Crippen molar-refractivity contribution in [2.75, 3.05) is 23.9 Å². The first kappa shape index (κ1) is 16.0. The van der Waals surface area contributed by atoms with Gasteiger partial charge in [-0.05, 0) is 24.3 Å². The molecule has 7 heteroatoms. The van der Waals surface area contributed by atoms with E-state index in [0.29, 0.717) is 17.0 Å². The van der Waals surface area contributed by atoms with Crippen LogP contribution in [0.4, 0.5) is 5.69 Å². The molecule has 6 nitrogen and oxygen atoms in total. The summed E-state index contributed by atoms with van der Waals surface area (Å²) < 4.78 is 4.48. The molecular weight excluding hydrogens is 278 g/mol. The summed E-state index contributed by atoms with van der Waals surface area (Å²) in [5.41, 5.74) is 6.69. The molecule has 0 aliphatic heterocycles. The molecule has 0 saturated carbocycles. The molecule has 0 aliphatic carbocycles. The van der Waals surface area contributed by atoms with Gasteiger partial charge < -0.3 is 15.8 Å². The second kappa shape index (κ2) is 8.19. The lowest BCUT2D eigenvalue weighted by Crippen LogP contribution is -2.34. The Morgan fingerprint density at radius 2 is 2.10 bits per heavy atom. The van der Waals surface area contributed by atoms with Crippen LogP contribution >= 0.6 is 11.8 Å². The van der Waals surface area contributed by atoms with Gasteiger partial charge in [-0.15, -0.1) is 11.8 Å². The number of nitrogens with one attached hydrogen (secondary N) is 1. The SMILES string of the molecule is COC(=O)C(N)CSCC(=O)Nc1ccc(C#N)cc1. The number of hydrogen-bond acceptors (Lipinski definition) is 6. The number of rotatable bonds is 6. The number of methoxy groups -OCH3 is 1. The monoisotopic (exact) mass is 293 g/mol. The highest BCUT2D eigenvalue weighted by atomic mass is 32.2. The molecule has 0 fully saturated rings. The molecule has 1 aromatic carbocycles. The fourth-order valence-electron chi connectivity index (χ4n) is 1.32. The van der Waals surface area contributed by atoms with E-state index in [-0.39, 0.29) is 11.7 Å². The minimum atomic E-state index is -0.729. The van der Waals surface area contributed by atoms with E-state index in [0.717, 1.165) is 0 Å². The van der Waals surface area contributed by atoms with Crippen LogP contribution in [0.15, 0.2) is 24.3 Å². The predicted molar refractivity (Wildman–Crippen MR) is 77.1 cm³/mol. The Kier molecular flexibility index (Phi) is 6.56. The largest absolute Gasteiger partial charge is 0.468 e. The van der Waals surface area contributed by atoms with Gasteiger partial charge in [-0.3, -0.25) is 9.59 Å². The van der Waals surface area contributed by atoms with Crippen molar-refractivity contribution in [3.05, 3.63) is 29.8 Å². The van der Waals surface area contributed by atoms with Crippen LogP contribution in [0, 0.1) is 11.3 Å². The van der Waals surface area contributed by atoms with E-state index in [1.807, 2.05) is 6.07 Å². The molecule has 3 N–H and O–H groups in total. The molecule has 1 unspecified atom stereocenters. The Bertz CT molecular complexity index is 511. The summed E-state index contributed by atoms with van der Waals surface area (Å²) in [6, 6.07) is 7.82. The number of thioether (sulfide) groups is 1. The van der Waals surface area contributed by atoms with Gasteiger partial charge in [0.15, 0.2) is 0 Å². The summed E-state index contributed by atoms with van der Waals surface area (Å²) in [7, 11) is 1.27. The van der Waals surface area contributed by atoms with Gasteiger partial charge in [-0.25, -0.2) is 0 Å². The average molecular weight is 293 g/mol. The maximum atomic E-state index is 11.6. The summed E-state index contributed by atoms with van der Waals surface area (Å²) in [5, 5.41) is 11.3. The smallest absolute Gasteiger partial charge is 0.323 e. The zero-order valence-corrected chi connectivity index (χ0v) is 11.8. The highest BCUT2D eigenvalue weighted by molar-refractivity contribution is 8.00. The number of hydrogen-bond donors (Lipinski definition) is 2. The van der Waals surface area contributed by atoms with Crippen LogP contribution in [0.1, 0.15) is 5.56 Å². The van der Waals surface area contributed by atoms with Gasteiger partial charge in [0.05, 0.1) is 24.5 Å². The third-order valence-electron chi connectivity index (χ3n) is 2.33. The number of benzene rings is 1. The van der Waals surface area contributed by atoms with Crippen LogP contribution in [0.5, 0.6) is 0 Å². The van der Waals surface area contributed by atoms with Gasteiger partial charge in [0.2, 0.25) is 5.91 Å². The molecule has 1 atom stereocenters. The number of esters is 1. The molecule has 1 amide bonds. The van der Waals surface area contributed by atoms with Gasteiger partial charge >= 0.3 is 5.97 Å². The van der Waals surface area contributed by atoms with E-state index >= 15 is 0 Å². The lowest BCUT2D eigenvalue weighted by Gasteiger charge is -2.09. The number of anilines is 1. The van der Waals surface area contributed by atoms with Crippen LogP contribution in [0.3, 0.4) is 0 Å². The fraction of sp³-hybridized carbons (Fsp3) is 0.308. The number of ether oxygens (including phenoxy) is 1. The van der Waals surface area contributed by atoms with Crippen molar-refractivity contribution in [2.24, 2.45) is 5.73 Å². The van der Waals surface area contributed by atoms with Crippen molar-refractivity contribution in [3.63, 3.8) is 0 Å². The second-order valence-corrected chi connectivity index (χ2v) is 4.91. The average Bonchev–Trinajstić information content (AvgIpc) is 2.47. The fourth-order valence-corrected chi connectivity index (χ4v) is 2.09. The zero-order valence-electron chi connectivity index (χ0n) is 11.0. The standard InChI is InChI=1S/C13H15N3O3S/c1-19-13(18)11(15)7-20-8-12(17)16-10-4-2-9(6-14)3-5-10/h2-5,11H,7-8,15H2,1H3,(H,16,17). The Labute approximate surface area is 121 Å². The number of carbonyl (C=O) groups excluding carboxylic acids is 2. The summed E-state index contributed by atoms with van der Waals surface area (Å²) in [6.07, 6.45) is 0. The molecule has 106 valence electrons. The van der Waals surface area contributed by atoms with E-state index in [1.165, 1.54) is 18.9 Å². The van der Waals surface area contributed by atoms with Crippen LogP contribution in [-0.2, 0) is 14.3 Å². The predicted octanol–water partition coefficient (Wildman–Crippen LogP) is 0.730. The van der Waals surface area contributed by atoms with Crippen molar-refractivity contribution >= 4 is 29.3 Å². The summed E-state index contributed by atoms with van der Waals surface area (Å²) in [6.45, 7) is 0. The van der Waals surface area contributed by atoms with Gasteiger partial charge in [0, 0.05) is 11.4 Å². The zero-order chi connectivity index (χ0) is 15.0. The van der Waals surface area contributed by atoms with E-state index in [2.05, 4.69) is 10.1 Å². The summed E-state index contributed by atoms with van der Waals surface area (Å²) in [5.74, 6) is -0.195. The van der Waals surface area contributed by atoms with Gasteiger partial charge in [0.1, 0.15) is 6.04 Å². The molecule has 0 bridgehead atoms. The van der Waals surface area contributed by atoms with E-state index in [9.17, 15) is 9.59 Å². The number of nitrogens with zero attached hydrogens (tertiary/aromatic N) is 1. The number of nitriles is 1. The first-order valence-electron chi connectivity index (χ1n) is 5.78. The third kappa shape index (κ3) is 5.30. The van der Waals surface area contributed by atoms with E-state index in [4.69, 9.17) is 11.0 Å². The minimum absolute atomic E-state index is 0.185. The van der Waals surface area contributed by atoms with Crippen molar-refractivity contribution < 1.29 is 14.3 Å². The molecule has 20 heavy (non-hydrogen) atoms.